The van der Waals surface area contributed by atoms with Crippen LogP contribution in [0.25, 0.3) is 0 Å². The summed E-state index contributed by atoms with van der Waals surface area (Å²) in [6, 6.07) is 8.79. The maximum absolute atomic E-state index is 6.01. The SMILES string of the molecule is CCCc1cc(CCl)cc(N(C)C(C)c2cccs2)n1. The number of hydrogen-bond acceptors (Lipinski definition) is 3. The lowest BCUT2D eigenvalue weighted by molar-refractivity contribution is 0.735. The monoisotopic (exact) mass is 308 g/mol. The van der Waals surface area contributed by atoms with Crippen LogP contribution >= 0.6 is 22.9 Å². The van der Waals surface area contributed by atoms with Crippen LogP contribution in [0.1, 0.15) is 42.4 Å². The number of pyridine rings is 1. The number of aryl methyl sites for hydroxylation is 1. The molecular formula is C16H21ClN2S. The summed E-state index contributed by atoms with van der Waals surface area (Å²) in [6.07, 6.45) is 2.10. The van der Waals surface area contributed by atoms with E-state index in [1.807, 2.05) is 0 Å². The van der Waals surface area contributed by atoms with Crippen molar-refractivity contribution in [2.75, 3.05) is 11.9 Å². The Morgan fingerprint density at radius 1 is 1.40 bits per heavy atom. The smallest absolute Gasteiger partial charge is 0.129 e. The van der Waals surface area contributed by atoms with Crippen LogP contribution in [-0.2, 0) is 12.3 Å². The summed E-state index contributed by atoms with van der Waals surface area (Å²) < 4.78 is 0. The van der Waals surface area contributed by atoms with E-state index in [0.29, 0.717) is 11.9 Å². The Kier molecular flexibility index (Phi) is 5.44. The predicted octanol–water partition coefficient (Wildman–Crippen LogP) is 5.03. The van der Waals surface area contributed by atoms with E-state index in [2.05, 4.69) is 55.4 Å². The first-order valence-corrected chi connectivity index (χ1v) is 8.39. The summed E-state index contributed by atoms with van der Waals surface area (Å²) in [7, 11) is 2.10. The average Bonchev–Trinajstić information content (AvgIpc) is 2.99. The molecule has 2 rings (SSSR count). The van der Waals surface area contributed by atoms with Gasteiger partial charge >= 0.3 is 0 Å². The second kappa shape index (κ2) is 7.09. The Bertz CT molecular complexity index is 539. The van der Waals surface area contributed by atoms with Gasteiger partial charge in [0.25, 0.3) is 0 Å². The van der Waals surface area contributed by atoms with Crippen molar-refractivity contribution in [2.45, 2.75) is 38.6 Å². The molecule has 0 aliphatic carbocycles. The Hall–Kier alpha value is -1.06. The number of rotatable bonds is 6. The molecule has 20 heavy (non-hydrogen) atoms. The molecule has 2 heterocycles. The van der Waals surface area contributed by atoms with Gasteiger partial charge in [-0.1, -0.05) is 19.4 Å². The summed E-state index contributed by atoms with van der Waals surface area (Å²) in [4.78, 5) is 8.35. The number of hydrogen-bond donors (Lipinski definition) is 0. The first-order chi connectivity index (χ1) is 9.65. The molecule has 0 bridgehead atoms. The minimum Gasteiger partial charge on any atom is -0.352 e. The van der Waals surface area contributed by atoms with Crippen molar-refractivity contribution in [1.82, 2.24) is 4.98 Å². The Balaban J connectivity index is 2.28. The second-order valence-corrected chi connectivity index (χ2v) is 6.26. The number of nitrogens with zero attached hydrogens (tertiary/aromatic N) is 2. The molecule has 4 heteroatoms. The van der Waals surface area contributed by atoms with Crippen LogP contribution in [0.5, 0.6) is 0 Å². The molecule has 0 fully saturated rings. The van der Waals surface area contributed by atoms with Gasteiger partial charge in [0.15, 0.2) is 0 Å². The molecular weight excluding hydrogens is 288 g/mol. The fourth-order valence-corrected chi connectivity index (χ4v) is 3.17. The number of anilines is 1. The van der Waals surface area contributed by atoms with Crippen LogP contribution in [0.2, 0.25) is 0 Å². The minimum atomic E-state index is 0.322. The number of alkyl halides is 1. The Morgan fingerprint density at radius 2 is 2.20 bits per heavy atom. The van der Waals surface area contributed by atoms with Crippen molar-refractivity contribution in [3.8, 4) is 0 Å². The van der Waals surface area contributed by atoms with Crippen LogP contribution in [0.3, 0.4) is 0 Å². The van der Waals surface area contributed by atoms with Gasteiger partial charge in [-0.05, 0) is 42.5 Å². The normalized spacial score (nSPS) is 12.4. The van der Waals surface area contributed by atoms with Crippen molar-refractivity contribution < 1.29 is 0 Å². The van der Waals surface area contributed by atoms with E-state index in [-0.39, 0.29) is 0 Å². The van der Waals surface area contributed by atoms with Gasteiger partial charge in [0.2, 0.25) is 0 Å². The third kappa shape index (κ3) is 3.53. The summed E-state index contributed by atoms with van der Waals surface area (Å²) in [5, 5.41) is 2.12. The van der Waals surface area contributed by atoms with Crippen LogP contribution in [0, 0.1) is 0 Å². The molecule has 0 saturated carbocycles. The Morgan fingerprint density at radius 3 is 2.80 bits per heavy atom. The van der Waals surface area contributed by atoms with Gasteiger partial charge in [-0.2, -0.15) is 0 Å². The number of thiophene rings is 1. The highest BCUT2D eigenvalue weighted by atomic mass is 35.5. The zero-order chi connectivity index (χ0) is 14.5. The molecule has 2 nitrogen and oxygen atoms in total. The fourth-order valence-electron chi connectivity index (χ4n) is 2.19. The zero-order valence-corrected chi connectivity index (χ0v) is 13.8. The van der Waals surface area contributed by atoms with Gasteiger partial charge in [0.1, 0.15) is 5.82 Å². The summed E-state index contributed by atoms with van der Waals surface area (Å²) >= 11 is 7.79. The van der Waals surface area contributed by atoms with Gasteiger partial charge in [0, 0.05) is 23.5 Å². The molecule has 1 unspecified atom stereocenters. The predicted molar refractivity (Wildman–Crippen MR) is 88.9 cm³/mol. The van der Waals surface area contributed by atoms with Gasteiger partial charge < -0.3 is 4.90 Å². The number of halogens is 1. The molecule has 2 aromatic heterocycles. The quantitative estimate of drug-likeness (QED) is 0.696. The van der Waals surface area contributed by atoms with Crippen molar-refractivity contribution in [3.05, 3.63) is 45.8 Å². The van der Waals surface area contributed by atoms with E-state index in [1.54, 1.807) is 11.3 Å². The van der Waals surface area contributed by atoms with E-state index in [1.165, 1.54) is 4.88 Å². The van der Waals surface area contributed by atoms with E-state index in [4.69, 9.17) is 16.6 Å². The van der Waals surface area contributed by atoms with Crippen molar-refractivity contribution >= 4 is 28.8 Å². The first kappa shape index (κ1) is 15.3. The van der Waals surface area contributed by atoms with Crippen LogP contribution < -0.4 is 4.90 Å². The highest BCUT2D eigenvalue weighted by molar-refractivity contribution is 7.10. The molecule has 0 aromatic carbocycles. The molecule has 0 radical (unpaired) electrons. The molecule has 0 aliphatic heterocycles. The van der Waals surface area contributed by atoms with Gasteiger partial charge in [-0.3, -0.25) is 0 Å². The van der Waals surface area contributed by atoms with E-state index in [0.717, 1.165) is 29.9 Å². The lowest BCUT2D eigenvalue weighted by atomic mass is 10.1. The maximum Gasteiger partial charge on any atom is 0.129 e. The third-order valence-corrected chi connectivity index (χ3v) is 4.83. The molecule has 0 N–H and O–H groups in total. The van der Waals surface area contributed by atoms with Crippen LogP contribution in [0.15, 0.2) is 29.6 Å². The zero-order valence-electron chi connectivity index (χ0n) is 12.3. The standard InChI is InChI=1S/C16H21ClN2S/c1-4-6-14-9-13(11-17)10-16(18-14)19(3)12(2)15-7-5-8-20-15/h5,7-10,12H,4,6,11H2,1-3H3. The maximum atomic E-state index is 6.01. The summed E-state index contributed by atoms with van der Waals surface area (Å²) in [5.74, 6) is 1.54. The topological polar surface area (TPSA) is 16.1 Å². The van der Waals surface area contributed by atoms with Gasteiger partial charge in [-0.15, -0.1) is 22.9 Å². The fraction of sp³-hybridized carbons (Fsp3) is 0.438. The molecule has 2 aromatic rings. The van der Waals surface area contributed by atoms with Crippen molar-refractivity contribution in [3.63, 3.8) is 0 Å². The lowest BCUT2D eigenvalue weighted by Gasteiger charge is -2.26. The highest BCUT2D eigenvalue weighted by Crippen LogP contribution is 2.28. The summed E-state index contributed by atoms with van der Waals surface area (Å²) in [6.45, 7) is 4.38. The highest BCUT2D eigenvalue weighted by Gasteiger charge is 2.15. The van der Waals surface area contributed by atoms with Crippen molar-refractivity contribution in [1.29, 1.82) is 0 Å². The molecule has 0 spiro atoms. The largest absolute Gasteiger partial charge is 0.352 e. The molecule has 0 amide bonds. The van der Waals surface area contributed by atoms with E-state index in [9.17, 15) is 0 Å². The molecule has 108 valence electrons. The minimum absolute atomic E-state index is 0.322. The average molecular weight is 309 g/mol. The van der Waals surface area contributed by atoms with Crippen molar-refractivity contribution in [2.24, 2.45) is 0 Å². The van der Waals surface area contributed by atoms with Gasteiger partial charge in [0.05, 0.1) is 6.04 Å². The van der Waals surface area contributed by atoms with Gasteiger partial charge in [-0.25, -0.2) is 4.98 Å². The van der Waals surface area contributed by atoms with E-state index >= 15 is 0 Å². The second-order valence-electron chi connectivity index (χ2n) is 5.01. The Labute approximate surface area is 130 Å². The summed E-state index contributed by atoms with van der Waals surface area (Å²) in [5.41, 5.74) is 2.27. The molecule has 1 atom stereocenters. The van der Waals surface area contributed by atoms with Crippen LogP contribution in [-0.4, -0.2) is 12.0 Å². The molecule has 0 saturated heterocycles. The molecule has 0 aliphatic rings. The van der Waals surface area contributed by atoms with E-state index < -0.39 is 0 Å². The number of aromatic nitrogens is 1. The first-order valence-electron chi connectivity index (χ1n) is 6.97. The third-order valence-electron chi connectivity index (χ3n) is 3.48. The van der Waals surface area contributed by atoms with Crippen LogP contribution in [0.4, 0.5) is 5.82 Å². The lowest BCUT2D eigenvalue weighted by Crippen LogP contribution is -2.22.